The van der Waals surface area contributed by atoms with Gasteiger partial charge in [-0.25, -0.2) is 8.42 Å². The van der Waals surface area contributed by atoms with E-state index in [1.54, 1.807) is 6.92 Å². The number of hydrogen-bond donors (Lipinski definition) is 0. The third-order valence-electron chi connectivity index (χ3n) is 3.27. The van der Waals surface area contributed by atoms with Gasteiger partial charge in [0.15, 0.2) is 0 Å². The monoisotopic (exact) mass is 432 g/mol. The molecule has 0 atom stereocenters. The highest BCUT2D eigenvalue weighted by molar-refractivity contribution is 9.10. The standard InChI is InChI=1S/C17H12BrF3O3S/c1-11-2-8-14(9-3-11)25(23,24)15(16(22)17(19,20)21)10-12-4-6-13(18)7-5-12/h2-10H,1H3/b15-10+. The van der Waals surface area contributed by atoms with E-state index in [4.69, 9.17) is 0 Å². The first kappa shape index (κ1) is 19.4. The third kappa shape index (κ3) is 4.58. The van der Waals surface area contributed by atoms with Crippen molar-refractivity contribution in [2.24, 2.45) is 0 Å². The fourth-order valence-corrected chi connectivity index (χ4v) is 3.62. The molecule has 2 aromatic carbocycles. The Labute approximate surface area is 151 Å². The molecule has 2 aromatic rings. The van der Waals surface area contributed by atoms with Gasteiger partial charge in [0.1, 0.15) is 4.91 Å². The normalized spacial score (nSPS) is 12.9. The van der Waals surface area contributed by atoms with E-state index in [2.05, 4.69) is 15.9 Å². The van der Waals surface area contributed by atoms with Crippen molar-refractivity contribution in [2.75, 3.05) is 0 Å². The molecule has 0 amide bonds. The molecule has 3 nitrogen and oxygen atoms in total. The Bertz CT molecular complexity index is 913. The van der Waals surface area contributed by atoms with Crippen molar-refractivity contribution in [3.63, 3.8) is 0 Å². The summed E-state index contributed by atoms with van der Waals surface area (Å²) in [6, 6.07) is 11.1. The SMILES string of the molecule is Cc1ccc(S(=O)(=O)/C(=C/c2ccc(Br)cc2)C(=O)C(F)(F)F)cc1. The van der Waals surface area contributed by atoms with Gasteiger partial charge in [0.05, 0.1) is 4.90 Å². The number of allylic oxidation sites excluding steroid dienone is 1. The Morgan fingerprint density at radius 3 is 2.00 bits per heavy atom. The highest BCUT2D eigenvalue weighted by Gasteiger charge is 2.45. The van der Waals surface area contributed by atoms with Crippen LogP contribution in [0.1, 0.15) is 11.1 Å². The number of rotatable bonds is 4. The topological polar surface area (TPSA) is 51.2 Å². The molecule has 0 aliphatic rings. The van der Waals surface area contributed by atoms with Crippen LogP contribution in [0, 0.1) is 6.92 Å². The number of ketones is 1. The molecule has 2 rings (SSSR count). The maximum Gasteiger partial charge on any atom is 0.455 e. The van der Waals surface area contributed by atoms with Crippen LogP contribution in [0.4, 0.5) is 13.2 Å². The van der Waals surface area contributed by atoms with E-state index in [1.165, 1.54) is 48.5 Å². The lowest BCUT2D eigenvalue weighted by Gasteiger charge is -2.11. The molecular formula is C17H12BrF3O3S. The fraction of sp³-hybridized carbons (Fsp3) is 0.118. The van der Waals surface area contributed by atoms with Crippen molar-refractivity contribution in [1.29, 1.82) is 0 Å². The Morgan fingerprint density at radius 1 is 1.00 bits per heavy atom. The van der Waals surface area contributed by atoms with Crippen molar-refractivity contribution in [3.8, 4) is 0 Å². The Kier molecular flexibility index (Phi) is 5.53. The van der Waals surface area contributed by atoms with Crippen LogP contribution in [0.3, 0.4) is 0 Å². The molecule has 8 heteroatoms. The van der Waals surface area contributed by atoms with Gasteiger partial charge in [0, 0.05) is 4.47 Å². The van der Waals surface area contributed by atoms with Crippen LogP contribution >= 0.6 is 15.9 Å². The van der Waals surface area contributed by atoms with E-state index in [0.717, 1.165) is 11.6 Å². The minimum Gasteiger partial charge on any atom is -0.283 e. The van der Waals surface area contributed by atoms with Gasteiger partial charge in [-0.3, -0.25) is 4.79 Å². The van der Waals surface area contributed by atoms with Gasteiger partial charge in [-0.05, 0) is 42.8 Å². The number of hydrogen-bond acceptors (Lipinski definition) is 3. The van der Waals surface area contributed by atoms with Gasteiger partial charge >= 0.3 is 6.18 Å². The molecular weight excluding hydrogens is 421 g/mol. The first-order valence-corrected chi connectivity index (χ1v) is 9.20. The molecule has 0 radical (unpaired) electrons. The summed E-state index contributed by atoms with van der Waals surface area (Å²) >= 11 is 3.17. The first-order valence-electron chi connectivity index (χ1n) is 6.92. The lowest BCUT2D eigenvalue weighted by molar-refractivity contribution is -0.165. The molecule has 0 aromatic heterocycles. The van der Waals surface area contributed by atoms with Crippen molar-refractivity contribution in [3.05, 3.63) is 69.0 Å². The summed E-state index contributed by atoms with van der Waals surface area (Å²) in [5, 5.41) is 0. The maximum atomic E-state index is 12.9. The molecule has 0 bridgehead atoms. The van der Waals surface area contributed by atoms with Gasteiger partial charge in [-0.2, -0.15) is 13.2 Å². The largest absolute Gasteiger partial charge is 0.455 e. The van der Waals surface area contributed by atoms with E-state index in [0.29, 0.717) is 4.47 Å². The predicted molar refractivity (Wildman–Crippen MR) is 91.5 cm³/mol. The summed E-state index contributed by atoms with van der Waals surface area (Å²) in [6.45, 7) is 1.70. The summed E-state index contributed by atoms with van der Waals surface area (Å²) in [5.41, 5.74) is 0.894. The van der Waals surface area contributed by atoms with Crippen molar-refractivity contribution < 1.29 is 26.4 Å². The van der Waals surface area contributed by atoms with E-state index >= 15 is 0 Å². The molecule has 25 heavy (non-hydrogen) atoms. The summed E-state index contributed by atoms with van der Waals surface area (Å²) in [5.74, 6) is -2.41. The van der Waals surface area contributed by atoms with Gasteiger partial charge in [0.25, 0.3) is 5.78 Å². The number of carbonyl (C=O) groups excluding carboxylic acids is 1. The summed E-state index contributed by atoms with van der Waals surface area (Å²) in [6.07, 6.45) is -4.57. The van der Waals surface area contributed by atoms with E-state index < -0.39 is 26.7 Å². The molecule has 0 aliphatic heterocycles. The zero-order valence-corrected chi connectivity index (χ0v) is 15.2. The maximum absolute atomic E-state index is 12.9. The Morgan fingerprint density at radius 2 is 1.52 bits per heavy atom. The molecule has 132 valence electrons. The number of halogens is 4. The number of Topliss-reactive ketones (excluding diaryl/α,β-unsaturated/α-hetero) is 1. The van der Waals surface area contributed by atoms with Crippen LogP contribution in [-0.4, -0.2) is 20.4 Å². The predicted octanol–water partition coefficient (Wildman–Crippen LogP) is 4.70. The second-order valence-corrected chi connectivity index (χ2v) is 8.04. The van der Waals surface area contributed by atoms with Gasteiger partial charge < -0.3 is 0 Å². The van der Waals surface area contributed by atoms with Crippen molar-refractivity contribution in [2.45, 2.75) is 18.0 Å². The molecule has 0 fully saturated rings. The van der Waals surface area contributed by atoms with E-state index in [-0.39, 0.29) is 10.5 Å². The molecule has 0 heterocycles. The number of carbonyl (C=O) groups is 1. The third-order valence-corrected chi connectivity index (χ3v) is 5.57. The summed E-state index contributed by atoms with van der Waals surface area (Å²) < 4.78 is 64.6. The molecule has 0 saturated carbocycles. The molecule has 0 aliphatic carbocycles. The average molecular weight is 433 g/mol. The average Bonchev–Trinajstić information content (AvgIpc) is 2.53. The molecule has 0 N–H and O–H groups in total. The second kappa shape index (κ2) is 7.13. The quantitative estimate of drug-likeness (QED) is 0.657. The van der Waals surface area contributed by atoms with Crippen LogP contribution in [0.5, 0.6) is 0 Å². The molecule has 0 saturated heterocycles. The minimum absolute atomic E-state index is 0.159. The summed E-state index contributed by atoms with van der Waals surface area (Å²) in [4.78, 5) is 10.1. The highest BCUT2D eigenvalue weighted by Crippen LogP contribution is 2.30. The van der Waals surface area contributed by atoms with E-state index in [1.807, 2.05) is 0 Å². The van der Waals surface area contributed by atoms with Crippen molar-refractivity contribution >= 4 is 37.6 Å². The van der Waals surface area contributed by atoms with Crippen LogP contribution in [-0.2, 0) is 14.6 Å². The van der Waals surface area contributed by atoms with E-state index in [9.17, 15) is 26.4 Å². The van der Waals surface area contributed by atoms with Gasteiger partial charge in [-0.1, -0.05) is 45.8 Å². The number of benzene rings is 2. The zero-order chi connectivity index (χ0) is 18.8. The van der Waals surface area contributed by atoms with Crippen LogP contribution in [0.2, 0.25) is 0 Å². The lowest BCUT2D eigenvalue weighted by Crippen LogP contribution is -2.28. The number of aryl methyl sites for hydroxylation is 1. The zero-order valence-electron chi connectivity index (χ0n) is 12.8. The van der Waals surface area contributed by atoms with Crippen molar-refractivity contribution in [1.82, 2.24) is 0 Å². The highest BCUT2D eigenvalue weighted by atomic mass is 79.9. The molecule has 0 unspecified atom stereocenters. The van der Waals surface area contributed by atoms with Gasteiger partial charge in [0.2, 0.25) is 9.84 Å². The number of sulfone groups is 1. The van der Waals surface area contributed by atoms with Crippen LogP contribution < -0.4 is 0 Å². The number of alkyl halides is 3. The summed E-state index contributed by atoms with van der Waals surface area (Å²) in [7, 11) is -4.63. The van der Waals surface area contributed by atoms with Gasteiger partial charge in [-0.15, -0.1) is 0 Å². The molecule has 0 spiro atoms. The van der Waals surface area contributed by atoms with Crippen LogP contribution in [0.25, 0.3) is 6.08 Å². The minimum atomic E-state index is -5.31. The Hall–Kier alpha value is -1.93. The lowest BCUT2D eigenvalue weighted by atomic mass is 10.2. The first-order chi connectivity index (χ1) is 11.5. The second-order valence-electron chi connectivity index (χ2n) is 5.20. The van der Waals surface area contributed by atoms with Crippen LogP contribution in [0.15, 0.2) is 62.8 Å². The smallest absolute Gasteiger partial charge is 0.283 e. The fourth-order valence-electron chi connectivity index (χ4n) is 1.96. The Balaban J connectivity index is 2.64.